The number of esters is 1. The highest BCUT2D eigenvalue weighted by Gasteiger charge is 2.31. The van der Waals surface area contributed by atoms with E-state index in [2.05, 4.69) is 4.72 Å². The van der Waals surface area contributed by atoms with Gasteiger partial charge in [0.1, 0.15) is 11.6 Å². The number of ether oxygens (including phenoxy) is 1. The minimum Gasteiger partial charge on any atom is -0.424 e. The summed E-state index contributed by atoms with van der Waals surface area (Å²) < 4.78 is 38.9. The van der Waals surface area contributed by atoms with Crippen molar-refractivity contribution in [1.82, 2.24) is 4.72 Å². The molecule has 33 heavy (non-hydrogen) atoms. The quantitative estimate of drug-likeness (QED) is 0.317. The van der Waals surface area contributed by atoms with Crippen LogP contribution < -0.4 is 15.1 Å². The van der Waals surface area contributed by atoms with E-state index in [1.165, 1.54) is 18.2 Å². The molecule has 0 amide bonds. The van der Waals surface area contributed by atoms with E-state index in [0.29, 0.717) is 17.4 Å². The van der Waals surface area contributed by atoms with Crippen LogP contribution in [0.4, 0.5) is 0 Å². The third kappa shape index (κ3) is 4.69. The molecule has 3 aromatic rings. The van der Waals surface area contributed by atoms with Gasteiger partial charge in [-0.05, 0) is 55.9 Å². The van der Waals surface area contributed by atoms with Crippen molar-refractivity contribution in [1.29, 1.82) is 0 Å². The Bertz CT molecular complexity index is 1390. The molecule has 1 aliphatic carbocycles. The Hall–Kier alpha value is -2.68. The Labute approximate surface area is 196 Å². The van der Waals surface area contributed by atoms with Crippen LogP contribution >= 0.6 is 11.6 Å². The number of sulfonamides is 1. The molecule has 0 bridgehead atoms. The highest BCUT2D eigenvalue weighted by Crippen LogP contribution is 2.35. The first-order valence-corrected chi connectivity index (χ1v) is 12.5. The van der Waals surface area contributed by atoms with Gasteiger partial charge in [0, 0.05) is 17.0 Å². The Morgan fingerprint density at radius 3 is 2.45 bits per heavy atom. The number of halogens is 1. The highest BCUT2D eigenvalue weighted by atomic mass is 35.5. The molecule has 2 aromatic carbocycles. The van der Waals surface area contributed by atoms with E-state index in [-0.39, 0.29) is 21.3 Å². The van der Waals surface area contributed by atoms with Crippen molar-refractivity contribution in [2.45, 2.75) is 51.0 Å². The molecule has 4 rings (SSSR count). The van der Waals surface area contributed by atoms with Crippen LogP contribution in [-0.4, -0.2) is 20.4 Å². The molecule has 174 valence electrons. The van der Waals surface area contributed by atoms with Crippen LogP contribution in [0.5, 0.6) is 5.75 Å². The van der Waals surface area contributed by atoms with Gasteiger partial charge < -0.3 is 9.15 Å². The second kappa shape index (κ2) is 8.93. The fourth-order valence-electron chi connectivity index (χ4n) is 3.94. The molecule has 1 N–H and O–H groups in total. The van der Waals surface area contributed by atoms with Crippen LogP contribution in [0.1, 0.15) is 37.0 Å². The van der Waals surface area contributed by atoms with E-state index in [1.807, 2.05) is 6.92 Å². The largest absolute Gasteiger partial charge is 0.424 e. The highest BCUT2D eigenvalue weighted by molar-refractivity contribution is 7.89. The smallest absolute Gasteiger partial charge is 0.339 e. The summed E-state index contributed by atoms with van der Waals surface area (Å²) in [6, 6.07) is 8.17. The van der Waals surface area contributed by atoms with E-state index < -0.39 is 33.6 Å². The predicted octanol–water partition coefficient (Wildman–Crippen LogP) is 4.15. The number of hydrogen-bond donors (Lipinski definition) is 1. The number of benzene rings is 2. The molecule has 0 unspecified atom stereocenters. The maximum Gasteiger partial charge on any atom is 0.339 e. The first-order chi connectivity index (χ1) is 15.6. The Kier molecular flexibility index (Phi) is 6.35. The van der Waals surface area contributed by atoms with Gasteiger partial charge in [-0.2, -0.15) is 4.72 Å². The van der Waals surface area contributed by atoms with Gasteiger partial charge in [-0.3, -0.25) is 0 Å². The zero-order valence-electron chi connectivity index (χ0n) is 18.5. The normalized spacial score (nSPS) is 14.5. The van der Waals surface area contributed by atoms with Gasteiger partial charge in [-0.25, -0.2) is 18.0 Å². The topological polar surface area (TPSA) is 103 Å². The van der Waals surface area contributed by atoms with Crippen molar-refractivity contribution in [2.75, 3.05) is 0 Å². The molecule has 1 heterocycles. The molecular formula is C24H24ClNO6S. The zero-order chi connectivity index (χ0) is 23.9. The lowest BCUT2D eigenvalue weighted by Crippen LogP contribution is -2.46. The van der Waals surface area contributed by atoms with Crippen LogP contribution in [0.3, 0.4) is 0 Å². The number of rotatable bonds is 6. The van der Waals surface area contributed by atoms with E-state index in [9.17, 15) is 18.0 Å². The lowest BCUT2D eigenvalue weighted by Gasteiger charge is -2.21. The minimum absolute atomic E-state index is 0.00422. The standard InChI is InChI=1S/C24H24ClNO6S/c1-13(2)22(26-33(29,30)15-9-7-14(3)8-10-15)24(28)32-21-12-20-18(11-19(21)25)16-5-4-6-17(16)23(27)31-20/h7-13,22,26H,4-6H2,1-3H3/t22-/m1/s1. The SMILES string of the molecule is Cc1ccc(S(=O)(=O)N[C@@H](C(=O)Oc2cc3oc(=O)c4c(c3cc2Cl)CCC4)C(C)C)cc1. The van der Waals surface area contributed by atoms with Crippen LogP contribution in [-0.2, 0) is 27.7 Å². The molecule has 0 fully saturated rings. The number of carbonyl (C=O) groups excluding carboxylic acids is 1. The molecule has 9 heteroatoms. The van der Waals surface area contributed by atoms with Crippen LogP contribution in [0.25, 0.3) is 11.0 Å². The first-order valence-electron chi connectivity index (χ1n) is 10.7. The van der Waals surface area contributed by atoms with Gasteiger partial charge in [0.2, 0.25) is 10.0 Å². The maximum atomic E-state index is 13.0. The second-order valence-electron chi connectivity index (χ2n) is 8.56. The Morgan fingerprint density at radius 1 is 1.12 bits per heavy atom. The maximum absolute atomic E-state index is 13.0. The summed E-state index contributed by atoms with van der Waals surface area (Å²) in [6.07, 6.45) is 2.28. The number of nitrogens with one attached hydrogen (secondary N) is 1. The van der Waals surface area contributed by atoms with Crippen molar-refractivity contribution < 1.29 is 22.4 Å². The van der Waals surface area contributed by atoms with Crippen molar-refractivity contribution in [3.63, 3.8) is 0 Å². The van der Waals surface area contributed by atoms with E-state index in [0.717, 1.165) is 24.0 Å². The molecule has 0 spiro atoms. The molecule has 1 atom stereocenters. The molecule has 0 aliphatic heterocycles. The molecule has 1 aliphatic rings. The van der Waals surface area contributed by atoms with E-state index in [4.69, 9.17) is 20.8 Å². The molecule has 0 saturated heterocycles. The lowest BCUT2D eigenvalue weighted by molar-refractivity contribution is -0.137. The average molecular weight is 490 g/mol. The van der Waals surface area contributed by atoms with Gasteiger partial charge >= 0.3 is 11.6 Å². The molecule has 7 nitrogen and oxygen atoms in total. The summed E-state index contributed by atoms with van der Waals surface area (Å²) in [5, 5.41) is 0.884. The zero-order valence-corrected chi connectivity index (χ0v) is 20.0. The minimum atomic E-state index is -3.96. The summed E-state index contributed by atoms with van der Waals surface area (Å²) in [7, 11) is -3.96. The van der Waals surface area contributed by atoms with Crippen LogP contribution in [0.2, 0.25) is 5.02 Å². The molecule has 0 radical (unpaired) electrons. The summed E-state index contributed by atoms with van der Waals surface area (Å²) >= 11 is 6.38. The second-order valence-corrected chi connectivity index (χ2v) is 10.7. The number of aryl methyl sites for hydroxylation is 2. The summed E-state index contributed by atoms with van der Waals surface area (Å²) in [4.78, 5) is 25.3. The summed E-state index contributed by atoms with van der Waals surface area (Å²) in [6.45, 7) is 5.25. The van der Waals surface area contributed by atoms with E-state index >= 15 is 0 Å². The predicted molar refractivity (Wildman–Crippen MR) is 125 cm³/mol. The monoisotopic (exact) mass is 489 g/mol. The molecule has 0 saturated carbocycles. The number of hydrogen-bond acceptors (Lipinski definition) is 6. The van der Waals surface area contributed by atoms with Crippen molar-refractivity contribution in [2.24, 2.45) is 5.92 Å². The fraction of sp³-hybridized carbons (Fsp3) is 0.333. The molecular weight excluding hydrogens is 466 g/mol. The van der Waals surface area contributed by atoms with Gasteiger partial charge in [0.15, 0.2) is 5.75 Å². The van der Waals surface area contributed by atoms with Gasteiger partial charge in [0.05, 0.1) is 9.92 Å². The van der Waals surface area contributed by atoms with Gasteiger partial charge in [0.25, 0.3) is 0 Å². The van der Waals surface area contributed by atoms with Crippen molar-refractivity contribution >= 4 is 38.6 Å². The van der Waals surface area contributed by atoms with Crippen LogP contribution in [0.15, 0.2) is 50.5 Å². The van der Waals surface area contributed by atoms with Crippen LogP contribution in [0, 0.1) is 12.8 Å². The third-order valence-electron chi connectivity index (χ3n) is 5.77. The Balaban J connectivity index is 1.62. The number of carbonyl (C=O) groups is 1. The lowest BCUT2D eigenvalue weighted by atomic mass is 10.1. The summed E-state index contributed by atoms with van der Waals surface area (Å²) in [5.74, 6) is -1.22. The third-order valence-corrected chi connectivity index (χ3v) is 7.52. The summed E-state index contributed by atoms with van der Waals surface area (Å²) in [5.41, 5.74) is 2.35. The van der Waals surface area contributed by atoms with Gasteiger partial charge in [-0.15, -0.1) is 0 Å². The molecule has 1 aromatic heterocycles. The van der Waals surface area contributed by atoms with Gasteiger partial charge in [-0.1, -0.05) is 43.1 Å². The fourth-order valence-corrected chi connectivity index (χ4v) is 5.48. The Morgan fingerprint density at radius 2 is 1.79 bits per heavy atom. The number of fused-ring (bicyclic) bond motifs is 3. The first kappa shape index (κ1) is 23.5. The van der Waals surface area contributed by atoms with E-state index in [1.54, 1.807) is 32.0 Å². The van der Waals surface area contributed by atoms with Crippen molar-refractivity contribution in [3.05, 3.63) is 68.5 Å². The average Bonchev–Trinajstić information content (AvgIpc) is 3.24. The van der Waals surface area contributed by atoms with Crippen molar-refractivity contribution in [3.8, 4) is 5.75 Å².